The monoisotopic (exact) mass is 541 g/mol. The summed E-state index contributed by atoms with van der Waals surface area (Å²) in [4.78, 5) is 27.7. The van der Waals surface area contributed by atoms with Gasteiger partial charge in [-0.05, 0) is 54.8 Å². The third-order valence-electron chi connectivity index (χ3n) is 7.05. The Kier molecular flexibility index (Phi) is 6.34. The summed E-state index contributed by atoms with van der Waals surface area (Å²) < 4.78 is 54.5. The van der Waals surface area contributed by atoms with E-state index in [4.69, 9.17) is 0 Å². The van der Waals surface area contributed by atoms with Gasteiger partial charge in [0.05, 0.1) is 34.9 Å². The number of carbonyl (C=O) groups is 2. The van der Waals surface area contributed by atoms with E-state index in [2.05, 4.69) is 0 Å². The lowest BCUT2D eigenvalue weighted by Crippen LogP contribution is -2.53. The van der Waals surface area contributed by atoms with E-state index in [1.807, 2.05) is 0 Å². The molecule has 2 atom stereocenters. The summed E-state index contributed by atoms with van der Waals surface area (Å²) in [5.74, 6) is -1.97. The fourth-order valence-electron chi connectivity index (χ4n) is 5.39. The van der Waals surface area contributed by atoms with E-state index in [0.717, 1.165) is 11.0 Å². The molecule has 198 valence electrons. The number of fused-ring (bicyclic) bond motifs is 1. The number of benzene rings is 3. The highest BCUT2D eigenvalue weighted by atomic mass is 32.2. The van der Waals surface area contributed by atoms with E-state index in [1.165, 1.54) is 22.2 Å². The smallest absolute Gasteiger partial charge is 0.412 e. The van der Waals surface area contributed by atoms with Crippen molar-refractivity contribution < 1.29 is 31.9 Å². The summed E-state index contributed by atoms with van der Waals surface area (Å²) in [6, 6.07) is 12.8. The molecule has 0 saturated carbocycles. The SMILES string of the molecule is CC(=O)N1c2ccc(-c3ccc(N4CCCS4(=O)=O)cc3)cc2N(C(=O)O)C(c2ccc(F)cc2F)[C@@H]1C. The van der Waals surface area contributed by atoms with E-state index in [1.54, 1.807) is 49.4 Å². The second kappa shape index (κ2) is 9.39. The van der Waals surface area contributed by atoms with Gasteiger partial charge in [0.2, 0.25) is 15.9 Å². The van der Waals surface area contributed by atoms with Gasteiger partial charge in [-0.25, -0.2) is 22.0 Å². The molecule has 1 fully saturated rings. The third kappa shape index (κ3) is 4.26. The molecule has 11 heteroatoms. The second-order valence-corrected chi connectivity index (χ2v) is 11.4. The number of sulfonamides is 1. The van der Waals surface area contributed by atoms with E-state index < -0.39 is 39.8 Å². The average molecular weight is 542 g/mol. The zero-order valence-electron chi connectivity index (χ0n) is 20.6. The minimum Gasteiger partial charge on any atom is -0.465 e. The van der Waals surface area contributed by atoms with E-state index >= 15 is 0 Å². The van der Waals surface area contributed by atoms with Crippen molar-refractivity contribution in [3.8, 4) is 11.1 Å². The van der Waals surface area contributed by atoms with Crippen LogP contribution in [0.25, 0.3) is 11.1 Å². The molecule has 1 unspecified atom stereocenters. The normalized spacial score (nSPS) is 20.4. The minimum atomic E-state index is -3.33. The molecule has 0 radical (unpaired) electrons. The van der Waals surface area contributed by atoms with Crippen LogP contribution < -0.4 is 14.1 Å². The van der Waals surface area contributed by atoms with Crippen LogP contribution in [0.5, 0.6) is 0 Å². The van der Waals surface area contributed by atoms with Crippen LogP contribution >= 0.6 is 0 Å². The van der Waals surface area contributed by atoms with Crippen LogP contribution in [0.15, 0.2) is 60.7 Å². The van der Waals surface area contributed by atoms with E-state index in [0.29, 0.717) is 41.5 Å². The average Bonchev–Trinajstić information content (AvgIpc) is 3.22. The first-order valence-corrected chi connectivity index (χ1v) is 13.6. The number of nitrogens with zero attached hydrogens (tertiary/aromatic N) is 3. The molecule has 2 heterocycles. The Labute approximate surface area is 218 Å². The van der Waals surface area contributed by atoms with Crippen molar-refractivity contribution in [2.24, 2.45) is 0 Å². The van der Waals surface area contributed by atoms with Crippen molar-refractivity contribution in [3.63, 3.8) is 0 Å². The Bertz CT molecular complexity index is 1540. The summed E-state index contributed by atoms with van der Waals surface area (Å²) >= 11 is 0. The predicted molar refractivity (Wildman–Crippen MR) is 140 cm³/mol. The number of amides is 2. The highest BCUT2D eigenvalue weighted by molar-refractivity contribution is 7.93. The standard InChI is InChI=1S/C27H25F2N3O5S/c1-16-26(22-10-7-20(28)15-23(22)29)32(27(34)35)25-14-19(6-11-24(25)31(16)17(2)33)18-4-8-21(9-5-18)30-12-3-13-38(30,36)37/h4-11,14-16,26H,3,12-13H2,1-2H3,(H,34,35)/t16-,26?/m0/s1. The molecule has 1 N–H and O–H groups in total. The van der Waals surface area contributed by atoms with Crippen molar-refractivity contribution in [3.05, 3.63) is 77.9 Å². The number of hydrogen-bond donors (Lipinski definition) is 1. The quantitative estimate of drug-likeness (QED) is 0.495. The van der Waals surface area contributed by atoms with Crippen LogP contribution in [-0.4, -0.2) is 43.9 Å². The molecule has 0 aromatic heterocycles. The molecule has 2 amide bonds. The molecule has 8 nitrogen and oxygen atoms in total. The minimum absolute atomic E-state index is 0.0558. The van der Waals surface area contributed by atoms with Gasteiger partial charge in [0.15, 0.2) is 0 Å². The van der Waals surface area contributed by atoms with Crippen LogP contribution in [0, 0.1) is 11.6 Å². The van der Waals surface area contributed by atoms with Crippen LogP contribution in [0.3, 0.4) is 0 Å². The van der Waals surface area contributed by atoms with Gasteiger partial charge in [-0.15, -0.1) is 0 Å². The first-order chi connectivity index (χ1) is 18.0. The maximum Gasteiger partial charge on any atom is 0.412 e. The molecular weight excluding hydrogens is 516 g/mol. The van der Waals surface area contributed by atoms with Crippen molar-refractivity contribution in [1.82, 2.24) is 0 Å². The van der Waals surface area contributed by atoms with Crippen molar-refractivity contribution in [1.29, 1.82) is 0 Å². The molecule has 3 aromatic carbocycles. The van der Waals surface area contributed by atoms with Gasteiger partial charge >= 0.3 is 6.09 Å². The highest BCUT2D eigenvalue weighted by Crippen LogP contribution is 2.46. The molecule has 3 aromatic rings. The third-order valence-corrected chi connectivity index (χ3v) is 8.92. The first-order valence-electron chi connectivity index (χ1n) is 12.0. The lowest BCUT2D eigenvalue weighted by Gasteiger charge is -2.46. The maximum atomic E-state index is 14.9. The van der Waals surface area contributed by atoms with Gasteiger partial charge < -0.3 is 10.0 Å². The van der Waals surface area contributed by atoms with Crippen LogP contribution in [0.2, 0.25) is 0 Å². The number of rotatable bonds is 3. The number of carboxylic acid groups (broad SMARTS) is 1. The molecule has 2 aliphatic rings. The Morgan fingerprint density at radius 2 is 1.61 bits per heavy atom. The first kappa shape index (κ1) is 25.7. The van der Waals surface area contributed by atoms with Crippen LogP contribution in [0.4, 0.5) is 30.6 Å². The Morgan fingerprint density at radius 1 is 0.921 bits per heavy atom. The number of carbonyl (C=O) groups excluding carboxylic acids is 1. The lowest BCUT2D eigenvalue weighted by molar-refractivity contribution is -0.117. The van der Waals surface area contributed by atoms with Crippen molar-refractivity contribution in [2.45, 2.75) is 32.4 Å². The van der Waals surface area contributed by atoms with Gasteiger partial charge in [0.25, 0.3) is 0 Å². The van der Waals surface area contributed by atoms with Crippen molar-refractivity contribution >= 4 is 39.1 Å². The van der Waals surface area contributed by atoms with Crippen LogP contribution in [-0.2, 0) is 14.8 Å². The number of anilines is 3. The molecule has 0 bridgehead atoms. The Balaban J connectivity index is 1.61. The molecule has 2 aliphatic heterocycles. The van der Waals surface area contributed by atoms with Gasteiger partial charge in [0.1, 0.15) is 11.6 Å². The van der Waals surface area contributed by atoms with Gasteiger partial charge in [-0.2, -0.15) is 0 Å². The zero-order chi connectivity index (χ0) is 27.4. The molecule has 0 aliphatic carbocycles. The molecule has 5 rings (SSSR count). The Morgan fingerprint density at radius 3 is 2.18 bits per heavy atom. The van der Waals surface area contributed by atoms with E-state index in [-0.39, 0.29) is 22.9 Å². The van der Waals surface area contributed by atoms with Gasteiger partial charge in [-0.3, -0.25) is 14.0 Å². The summed E-state index contributed by atoms with van der Waals surface area (Å²) in [6.45, 7) is 3.37. The largest absolute Gasteiger partial charge is 0.465 e. The summed E-state index contributed by atoms with van der Waals surface area (Å²) in [6.07, 6.45) is -0.803. The van der Waals surface area contributed by atoms with Crippen molar-refractivity contribution in [2.75, 3.05) is 26.4 Å². The molecule has 0 spiro atoms. The molecular formula is C27H25F2N3O5S. The van der Waals surface area contributed by atoms with Crippen LogP contribution in [0.1, 0.15) is 31.9 Å². The van der Waals surface area contributed by atoms with Gasteiger partial charge in [0, 0.05) is 25.1 Å². The van der Waals surface area contributed by atoms with Gasteiger partial charge in [-0.1, -0.05) is 24.3 Å². The topological polar surface area (TPSA) is 98.2 Å². The highest BCUT2D eigenvalue weighted by Gasteiger charge is 2.43. The zero-order valence-corrected chi connectivity index (χ0v) is 21.5. The Hall–Kier alpha value is -3.99. The summed E-state index contributed by atoms with van der Waals surface area (Å²) in [5, 5.41) is 10.2. The fraction of sp³-hybridized carbons (Fsp3) is 0.259. The maximum absolute atomic E-state index is 14.9. The number of halogens is 2. The molecule has 38 heavy (non-hydrogen) atoms. The summed E-state index contributed by atoms with van der Waals surface area (Å²) in [7, 11) is -3.33. The second-order valence-electron chi connectivity index (χ2n) is 9.38. The molecule has 1 saturated heterocycles. The van der Waals surface area contributed by atoms with E-state index in [9.17, 15) is 31.9 Å². The number of hydrogen-bond acceptors (Lipinski definition) is 4. The predicted octanol–water partition coefficient (Wildman–Crippen LogP) is 5.15. The fourth-order valence-corrected chi connectivity index (χ4v) is 6.96. The summed E-state index contributed by atoms with van der Waals surface area (Å²) in [5.41, 5.74) is 2.30. The lowest BCUT2D eigenvalue weighted by atomic mass is 9.91.